The molecule has 0 bridgehead atoms. The predicted molar refractivity (Wildman–Crippen MR) is 104 cm³/mol. The van der Waals surface area contributed by atoms with E-state index in [1.54, 1.807) is 0 Å². The Morgan fingerprint density at radius 1 is 0.969 bits per heavy atom. The van der Waals surface area contributed by atoms with Gasteiger partial charge >= 0.3 is 0 Å². The number of carbonyl (C=O) groups is 1. The van der Waals surface area contributed by atoms with Crippen LogP contribution in [0.2, 0.25) is 0 Å². The van der Waals surface area contributed by atoms with Crippen molar-refractivity contribution in [3.8, 4) is 23.8 Å². The van der Waals surface area contributed by atoms with Crippen molar-refractivity contribution in [1.29, 1.82) is 0 Å². The van der Waals surface area contributed by atoms with Gasteiger partial charge in [0.15, 0.2) is 34.8 Å². The van der Waals surface area contributed by atoms with Gasteiger partial charge < -0.3 is 24.5 Å². The van der Waals surface area contributed by atoms with Crippen molar-refractivity contribution in [3.63, 3.8) is 0 Å². The summed E-state index contributed by atoms with van der Waals surface area (Å²) in [6.07, 6.45) is 5.05. The fourth-order valence-electron chi connectivity index (χ4n) is 2.51. The van der Waals surface area contributed by atoms with Gasteiger partial charge in [-0.15, -0.1) is 12.3 Å². The fourth-order valence-corrected chi connectivity index (χ4v) is 2.51. The predicted octanol–water partition coefficient (Wildman–Crippen LogP) is 2.98. The van der Waals surface area contributed by atoms with Gasteiger partial charge in [0.1, 0.15) is 13.4 Å². The second-order valence-corrected chi connectivity index (χ2v) is 6.11. The van der Waals surface area contributed by atoms with Crippen LogP contribution in [0.4, 0.5) is 17.6 Å². The number of aliphatic hydroxyl groups excluding tert-OH is 2. The normalized spacial score (nSPS) is 10.8. The van der Waals surface area contributed by atoms with E-state index in [0.29, 0.717) is 0 Å². The van der Waals surface area contributed by atoms with Crippen LogP contribution in [0.25, 0.3) is 0 Å². The Bertz CT molecular complexity index is 858. The topological polar surface area (TPSA) is 76.0 Å². The Labute approximate surface area is 197 Å². The van der Waals surface area contributed by atoms with E-state index in [-0.39, 0.29) is 64.9 Å². The van der Waals surface area contributed by atoms with Crippen LogP contribution in [0.1, 0.15) is 17.5 Å². The third kappa shape index (κ3) is 8.99. The summed E-state index contributed by atoms with van der Waals surface area (Å²) in [6, 6.07) is 3.94. The number of terminal acetylenes is 1. The molecule has 0 spiro atoms. The molecule has 0 saturated heterocycles. The van der Waals surface area contributed by atoms with Gasteiger partial charge in [-0.25, -0.2) is 17.6 Å². The summed E-state index contributed by atoms with van der Waals surface area (Å²) in [5.74, 6) is -3.08. The Kier molecular flexibility index (Phi) is 14.3. The number of hydrogen-bond donors (Lipinski definition) is 2. The molecule has 10 heteroatoms. The number of carbonyl (C=O) groups excluding carboxylic acids is 1. The maximum absolute atomic E-state index is 14.2. The Morgan fingerprint density at radius 2 is 1.41 bits per heavy atom. The molecular formula is C22H21F4O5W-. The van der Waals surface area contributed by atoms with Gasteiger partial charge in [0.25, 0.3) is 0 Å². The summed E-state index contributed by atoms with van der Waals surface area (Å²) in [5.41, 5.74) is 0.257. The van der Waals surface area contributed by atoms with Crippen molar-refractivity contribution in [1.82, 2.24) is 0 Å². The van der Waals surface area contributed by atoms with Gasteiger partial charge in [-0.3, -0.25) is 6.42 Å². The quantitative estimate of drug-likeness (QED) is 0.184. The summed E-state index contributed by atoms with van der Waals surface area (Å²) < 4.78 is 66.3. The maximum Gasteiger partial charge on any atom is 0.190 e. The molecule has 0 aromatic heterocycles. The van der Waals surface area contributed by atoms with Crippen LogP contribution < -0.4 is 9.47 Å². The first-order valence-corrected chi connectivity index (χ1v) is 8.90. The average Bonchev–Trinajstić information content (AvgIpc) is 2.71. The zero-order valence-electron chi connectivity index (χ0n) is 16.8. The van der Waals surface area contributed by atoms with Crippen LogP contribution in [0, 0.1) is 42.0 Å². The van der Waals surface area contributed by atoms with Crippen molar-refractivity contribution in [2.75, 3.05) is 19.8 Å². The molecule has 0 amide bonds. The van der Waals surface area contributed by atoms with Crippen molar-refractivity contribution in [2.45, 2.75) is 18.9 Å². The Hall–Kier alpha value is -2.40. The third-order valence-corrected chi connectivity index (χ3v) is 3.77. The van der Waals surface area contributed by atoms with Gasteiger partial charge in [0, 0.05) is 27.5 Å². The molecule has 32 heavy (non-hydrogen) atoms. The summed E-state index contributed by atoms with van der Waals surface area (Å²) in [7, 11) is 0. The molecule has 0 heterocycles. The first-order valence-electron chi connectivity index (χ1n) is 8.90. The maximum atomic E-state index is 14.2. The van der Waals surface area contributed by atoms with Crippen LogP contribution >= 0.6 is 0 Å². The molecular weight excluding hydrogens is 604 g/mol. The molecule has 2 rings (SSSR count). The number of rotatable bonds is 10. The van der Waals surface area contributed by atoms with Crippen molar-refractivity contribution in [2.24, 2.45) is 0 Å². The van der Waals surface area contributed by atoms with Gasteiger partial charge in [0.05, 0.1) is 6.10 Å². The molecule has 0 aliphatic rings. The van der Waals surface area contributed by atoms with Gasteiger partial charge in [0.2, 0.25) is 0 Å². The van der Waals surface area contributed by atoms with Crippen molar-refractivity contribution in [3.05, 3.63) is 65.1 Å². The van der Waals surface area contributed by atoms with Gasteiger partial charge in [-0.1, -0.05) is 6.61 Å². The first kappa shape index (κ1) is 29.6. The van der Waals surface area contributed by atoms with Gasteiger partial charge in [-0.2, -0.15) is 0 Å². The molecule has 2 aromatic carbocycles. The molecule has 0 fully saturated rings. The molecule has 0 saturated carbocycles. The molecule has 1 atom stereocenters. The fraction of sp³-hybridized carbons (Fsp3) is 0.273. The molecule has 2 aromatic rings. The second-order valence-electron chi connectivity index (χ2n) is 6.11. The molecule has 1 unspecified atom stereocenters. The minimum atomic E-state index is -1.07. The van der Waals surface area contributed by atoms with E-state index in [1.165, 1.54) is 6.42 Å². The average molecular weight is 625 g/mol. The van der Waals surface area contributed by atoms with Gasteiger partial charge in [-0.05, 0) is 48.4 Å². The van der Waals surface area contributed by atoms with Crippen molar-refractivity contribution >= 4 is 6.79 Å². The van der Waals surface area contributed by atoms with Crippen LogP contribution in [-0.4, -0.2) is 42.9 Å². The summed E-state index contributed by atoms with van der Waals surface area (Å²) in [5, 5.41) is 18.1. The smallest absolute Gasteiger partial charge is 0.190 e. The summed E-state index contributed by atoms with van der Waals surface area (Å²) in [6.45, 7) is 1.13. The summed E-state index contributed by atoms with van der Waals surface area (Å²) >= 11 is 0. The van der Waals surface area contributed by atoms with E-state index in [0.717, 1.165) is 24.3 Å². The number of benzene rings is 2. The molecule has 0 radical (unpaired) electrons. The molecule has 174 valence electrons. The first-order chi connectivity index (χ1) is 14.8. The van der Waals surface area contributed by atoms with Crippen molar-refractivity contribution < 1.29 is 63.1 Å². The van der Waals surface area contributed by atoms with E-state index in [4.69, 9.17) is 25.8 Å². The van der Waals surface area contributed by atoms with E-state index < -0.39 is 40.9 Å². The number of hydrogen-bond acceptors (Lipinski definition) is 5. The summed E-state index contributed by atoms with van der Waals surface area (Å²) in [4.78, 5) is 8.00. The SMILES string of the molecule is C#CCC(O)COc1c(F)cc(Cc2cc(F)c(OC[CH-]CO)c(F)c2)cc1F.C=O.[W]. The zero-order chi connectivity index (χ0) is 23.4. The molecule has 5 nitrogen and oxygen atoms in total. The largest absolute Gasteiger partial charge is 0.520 e. The Balaban J connectivity index is 0.00000311. The minimum absolute atomic E-state index is 0. The van der Waals surface area contributed by atoms with Crippen LogP contribution in [0.5, 0.6) is 11.5 Å². The molecule has 0 aliphatic heterocycles. The molecule has 0 aliphatic carbocycles. The standard InChI is InChI=1S/C21H19F4O4.CH2O.W/c1-2-4-15(27)12-29-21-18(24)10-14(11-19(21)25)7-13-8-16(22)20(17(23)9-13)28-6-3-5-26;1-2;/h1,3,8-11,15,26-27H,4-7,12H2;1H2;/q-1;;. The van der Waals surface area contributed by atoms with Crippen LogP contribution in [0.15, 0.2) is 24.3 Å². The van der Waals surface area contributed by atoms with Crippen LogP contribution in [-0.2, 0) is 32.3 Å². The number of aliphatic hydroxyl groups is 2. The van der Waals surface area contributed by atoms with E-state index >= 15 is 0 Å². The monoisotopic (exact) mass is 625 g/mol. The Morgan fingerprint density at radius 3 is 1.81 bits per heavy atom. The number of ether oxygens (including phenoxy) is 2. The third-order valence-electron chi connectivity index (χ3n) is 3.77. The van der Waals surface area contributed by atoms with Crippen LogP contribution in [0.3, 0.4) is 0 Å². The van der Waals surface area contributed by atoms with E-state index in [2.05, 4.69) is 5.92 Å². The van der Waals surface area contributed by atoms with E-state index in [9.17, 15) is 22.7 Å². The minimum Gasteiger partial charge on any atom is -0.520 e. The zero-order valence-corrected chi connectivity index (χ0v) is 19.8. The second kappa shape index (κ2) is 15.4. The molecule has 2 N–H and O–H groups in total. The number of halogens is 4. The van der Waals surface area contributed by atoms with E-state index in [1.807, 2.05) is 6.79 Å².